The van der Waals surface area contributed by atoms with Gasteiger partial charge in [-0.05, 0) is 42.5 Å². The lowest BCUT2D eigenvalue weighted by atomic mass is 10.0. The molecule has 0 spiro atoms. The van der Waals surface area contributed by atoms with Crippen LogP contribution in [0.15, 0.2) is 53.4 Å². The smallest absolute Gasteiger partial charge is 0.407 e. The number of carbonyl (C=O) groups is 2. The molecule has 5 atom stereocenters. The molecule has 4 heterocycles. The van der Waals surface area contributed by atoms with Crippen molar-refractivity contribution >= 4 is 48.8 Å². The summed E-state index contributed by atoms with van der Waals surface area (Å²) in [6.07, 6.45) is -1.85. The van der Waals surface area contributed by atoms with Crippen molar-refractivity contribution in [2.75, 3.05) is 44.3 Å². The average Bonchev–Trinajstić information content (AvgIpc) is 3.82. The molecule has 1 aromatic heterocycles. The molecule has 0 unspecified atom stereocenters. The minimum absolute atomic E-state index is 0.0469. The molecular formula is C31H39N5O8S2. The molecule has 3 amide bonds. The van der Waals surface area contributed by atoms with Crippen molar-refractivity contribution in [1.29, 1.82) is 0 Å². The molecule has 3 N–H and O–H groups in total. The van der Waals surface area contributed by atoms with E-state index in [4.69, 9.17) is 14.2 Å². The Balaban J connectivity index is 1.21. The van der Waals surface area contributed by atoms with Crippen molar-refractivity contribution in [3.05, 3.63) is 54.1 Å². The fourth-order valence-electron chi connectivity index (χ4n) is 6.01. The molecule has 0 aliphatic carbocycles. The summed E-state index contributed by atoms with van der Waals surface area (Å²) in [6.45, 7) is 5.45. The van der Waals surface area contributed by atoms with E-state index in [1.54, 1.807) is 12.1 Å². The highest BCUT2D eigenvalue weighted by molar-refractivity contribution is 7.89. The molecule has 248 valence electrons. The zero-order chi connectivity index (χ0) is 32.4. The monoisotopic (exact) mass is 673 g/mol. The van der Waals surface area contributed by atoms with E-state index in [-0.39, 0.29) is 55.2 Å². The molecular weight excluding hydrogens is 635 g/mol. The molecule has 6 rings (SSSR count). The van der Waals surface area contributed by atoms with Crippen LogP contribution in [0.2, 0.25) is 0 Å². The van der Waals surface area contributed by atoms with Crippen LogP contribution in [0.4, 0.5) is 14.7 Å². The van der Waals surface area contributed by atoms with E-state index in [0.717, 1.165) is 12.0 Å². The van der Waals surface area contributed by atoms with E-state index in [0.29, 0.717) is 35.0 Å². The number of aliphatic hydroxyl groups is 1. The van der Waals surface area contributed by atoms with Gasteiger partial charge in [0.15, 0.2) is 11.4 Å². The molecule has 15 heteroatoms. The second-order valence-electron chi connectivity index (χ2n) is 12.2. The highest BCUT2D eigenvalue weighted by Gasteiger charge is 2.44. The molecule has 2 aromatic carbocycles. The van der Waals surface area contributed by atoms with Gasteiger partial charge in [0.25, 0.3) is 0 Å². The van der Waals surface area contributed by atoms with Crippen LogP contribution in [-0.2, 0) is 30.7 Å². The van der Waals surface area contributed by atoms with E-state index in [9.17, 15) is 23.1 Å². The van der Waals surface area contributed by atoms with E-state index in [2.05, 4.69) is 15.6 Å². The highest BCUT2D eigenvalue weighted by atomic mass is 32.2. The number of nitrogens with one attached hydrogen (secondary N) is 2. The Kier molecular flexibility index (Phi) is 9.77. The van der Waals surface area contributed by atoms with Crippen LogP contribution < -0.4 is 15.5 Å². The third kappa shape index (κ3) is 7.14. The number of hydrogen-bond acceptors (Lipinski definition) is 10. The Morgan fingerprint density at radius 1 is 1.22 bits per heavy atom. The number of amides is 3. The normalized spacial score (nSPS) is 22.8. The van der Waals surface area contributed by atoms with Crippen LogP contribution >= 0.6 is 11.3 Å². The molecule has 13 nitrogen and oxygen atoms in total. The van der Waals surface area contributed by atoms with Crippen LogP contribution in [0.3, 0.4) is 0 Å². The number of ether oxygens (including phenoxy) is 3. The van der Waals surface area contributed by atoms with Gasteiger partial charge in [0.2, 0.25) is 10.0 Å². The van der Waals surface area contributed by atoms with E-state index in [1.165, 1.54) is 26.6 Å². The zero-order valence-corrected chi connectivity index (χ0v) is 27.3. The maximum Gasteiger partial charge on any atom is 0.407 e. The van der Waals surface area contributed by atoms with Gasteiger partial charge in [-0.1, -0.05) is 55.5 Å². The Hall–Kier alpha value is -3.34. The summed E-state index contributed by atoms with van der Waals surface area (Å²) in [6, 6.07) is 12.9. The first-order valence-electron chi connectivity index (χ1n) is 15.5. The van der Waals surface area contributed by atoms with Crippen LogP contribution in [0.5, 0.6) is 0 Å². The number of benzene rings is 2. The van der Waals surface area contributed by atoms with Gasteiger partial charge in [-0.25, -0.2) is 23.0 Å². The van der Waals surface area contributed by atoms with Crippen LogP contribution in [0, 0.1) is 11.8 Å². The number of alkyl carbamates (subject to hydrolysis) is 1. The molecule has 0 bridgehead atoms. The molecule has 3 aliphatic rings. The number of nitrogens with zero attached hydrogens (tertiary/aromatic N) is 3. The summed E-state index contributed by atoms with van der Waals surface area (Å²) in [5, 5.41) is 17.6. The SMILES string of the molecule is CC(C)CN(C[C@@H](O)[C@H](Cc1ccccc1)NC(=O)O[C@H]1CO[C@H]2OCC[C@H]21)S(=O)(=O)c1ccc2nc(N3CCNC3=O)sc2c1. The number of urea groups is 1. The first-order chi connectivity index (χ1) is 22.1. The number of hydrogen-bond donors (Lipinski definition) is 3. The van der Waals surface area contributed by atoms with Crippen molar-refractivity contribution in [3.63, 3.8) is 0 Å². The number of aromatic nitrogens is 1. The molecule has 3 fully saturated rings. The molecule has 0 radical (unpaired) electrons. The number of sulfonamides is 1. The number of aliphatic hydroxyl groups excluding tert-OH is 1. The average molecular weight is 674 g/mol. The van der Waals surface area contributed by atoms with Gasteiger partial charge in [0, 0.05) is 26.2 Å². The second kappa shape index (κ2) is 13.8. The van der Waals surface area contributed by atoms with Gasteiger partial charge >= 0.3 is 12.1 Å². The van der Waals surface area contributed by atoms with Gasteiger partial charge in [-0.3, -0.25) is 4.90 Å². The summed E-state index contributed by atoms with van der Waals surface area (Å²) < 4.78 is 46.9. The fraction of sp³-hybridized carbons (Fsp3) is 0.516. The lowest BCUT2D eigenvalue weighted by Gasteiger charge is -2.31. The molecule has 3 aromatic rings. The molecule has 46 heavy (non-hydrogen) atoms. The first-order valence-corrected chi connectivity index (χ1v) is 17.7. The number of anilines is 1. The van der Waals surface area contributed by atoms with Crippen LogP contribution in [0.1, 0.15) is 25.8 Å². The Labute approximate surface area is 271 Å². The summed E-state index contributed by atoms with van der Waals surface area (Å²) in [5.41, 5.74) is 1.44. The topological polar surface area (TPSA) is 160 Å². The third-order valence-corrected chi connectivity index (χ3v) is 11.2. The maximum absolute atomic E-state index is 14.1. The van der Waals surface area contributed by atoms with Gasteiger partial charge in [0.05, 0.1) is 46.4 Å². The standard InChI is InChI=1S/C31H39N5O8S2/c1-19(2)16-35(46(40,41)21-8-9-23-27(15-21)45-30(33-23)36-12-11-32-29(36)38)17-25(37)24(14-20-6-4-3-5-7-20)34-31(39)44-26-18-43-28-22(26)10-13-42-28/h3-9,15,19,22,24-26,28,37H,10-14,16-18H2,1-2H3,(H,32,38)(H,34,39)/t22-,24-,25+,26-,28+/m0/s1. The van der Waals surface area contributed by atoms with Crippen molar-refractivity contribution in [3.8, 4) is 0 Å². The number of carbonyl (C=O) groups excluding carboxylic acids is 2. The predicted octanol–water partition coefficient (Wildman–Crippen LogP) is 2.93. The van der Waals surface area contributed by atoms with E-state index < -0.39 is 34.4 Å². The lowest BCUT2D eigenvalue weighted by Crippen LogP contribution is -2.51. The van der Waals surface area contributed by atoms with Crippen LogP contribution in [-0.4, -0.2) is 98.9 Å². The molecule has 3 saturated heterocycles. The highest BCUT2D eigenvalue weighted by Crippen LogP contribution is 2.34. The van der Waals surface area contributed by atoms with Crippen molar-refractivity contribution < 1.29 is 37.3 Å². The second-order valence-corrected chi connectivity index (χ2v) is 15.1. The van der Waals surface area contributed by atoms with Gasteiger partial charge < -0.3 is 30.0 Å². The Bertz CT molecular complexity index is 1650. The summed E-state index contributed by atoms with van der Waals surface area (Å²) in [7, 11) is -4.08. The number of thiazole rings is 1. The van der Waals surface area contributed by atoms with Crippen molar-refractivity contribution in [1.82, 2.24) is 19.9 Å². The predicted molar refractivity (Wildman–Crippen MR) is 171 cm³/mol. The van der Waals surface area contributed by atoms with Crippen molar-refractivity contribution in [2.45, 2.75) is 56.1 Å². The van der Waals surface area contributed by atoms with E-state index >= 15 is 0 Å². The lowest BCUT2D eigenvalue weighted by molar-refractivity contribution is -0.0907. The zero-order valence-electron chi connectivity index (χ0n) is 25.7. The Morgan fingerprint density at radius 2 is 2.02 bits per heavy atom. The number of fused-ring (bicyclic) bond motifs is 2. The Morgan fingerprint density at radius 3 is 2.76 bits per heavy atom. The van der Waals surface area contributed by atoms with E-state index in [1.807, 2.05) is 44.2 Å². The first kappa shape index (κ1) is 32.6. The molecule has 0 saturated carbocycles. The maximum atomic E-state index is 14.1. The minimum atomic E-state index is -4.08. The molecule has 3 aliphatic heterocycles. The fourth-order valence-corrected chi connectivity index (χ4v) is 8.76. The number of rotatable bonds is 12. The van der Waals surface area contributed by atoms with Gasteiger partial charge in [0.1, 0.15) is 6.10 Å². The largest absolute Gasteiger partial charge is 0.443 e. The van der Waals surface area contributed by atoms with Gasteiger partial charge in [-0.15, -0.1) is 0 Å². The summed E-state index contributed by atoms with van der Waals surface area (Å²) >= 11 is 1.24. The minimum Gasteiger partial charge on any atom is -0.443 e. The van der Waals surface area contributed by atoms with Crippen LogP contribution in [0.25, 0.3) is 10.2 Å². The van der Waals surface area contributed by atoms with Gasteiger partial charge in [-0.2, -0.15) is 4.31 Å². The quantitative estimate of drug-likeness (QED) is 0.263. The summed E-state index contributed by atoms with van der Waals surface area (Å²) in [4.78, 5) is 31.4. The van der Waals surface area contributed by atoms with Crippen molar-refractivity contribution in [2.24, 2.45) is 11.8 Å². The summed E-state index contributed by atoms with van der Waals surface area (Å²) in [5.74, 6) is -0.0989. The third-order valence-electron chi connectivity index (χ3n) is 8.34.